The number of nitrogens with zero attached hydrogens (tertiary/aromatic N) is 3. The summed E-state index contributed by atoms with van der Waals surface area (Å²) in [4.78, 5) is 42.3. The number of hydrogen-bond acceptors (Lipinski definition) is 7. The Balaban J connectivity index is 1.69. The van der Waals surface area contributed by atoms with Crippen LogP contribution < -0.4 is 26.8 Å². The lowest BCUT2D eigenvalue weighted by Crippen LogP contribution is -2.30. The predicted octanol–water partition coefficient (Wildman–Crippen LogP) is 6.70. The van der Waals surface area contributed by atoms with Crippen LogP contribution in [0.15, 0.2) is 71.8 Å². The van der Waals surface area contributed by atoms with Crippen molar-refractivity contribution >= 4 is 46.5 Å². The maximum atomic E-state index is 13.4. The second kappa shape index (κ2) is 19.0. The summed E-state index contributed by atoms with van der Waals surface area (Å²) in [5.41, 5.74) is 3.87. The number of carbonyl (C=O) groups is 2. The van der Waals surface area contributed by atoms with Crippen molar-refractivity contribution < 1.29 is 14.7 Å². The second-order valence-corrected chi connectivity index (χ2v) is 12.4. The summed E-state index contributed by atoms with van der Waals surface area (Å²) in [6.07, 6.45) is 7.31. The topological polar surface area (TPSA) is 150 Å². The Hall–Kier alpha value is -4.29. The molecule has 4 aromatic rings. The van der Waals surface area contributed by atoms with Gasteiger partial charge in [0.05, 0.1) is 21.4 Å². The minimum absolute atomic E-state index is 0.0254. The van der Waals surface area contributed by atoms with Crippen molar-refractivity contribution in [1.29, 1.82) is 0 Å². The van der Waals surface area contributed by atoms with Crippen LogP contribution in [0.1, 0.15) is 57.4 Å². The van der Waals surface area contributed by atoms with Crippen LogP contribution in [0.25, 0.3) is 22.4 Å². The Bertz CT molecular complexity index is 1750. The Labute approximate surface area is 296 Å². The second-order valence-electron chi connectivity index (χ2n) is 11.6. The van der Waals surface area contributed by atoms with E-state index in [1.807, 2.05) is 36.4 Å². The average Bonchev–Trinajstić information content (AvgIpc) is 3.10. The smallest absolute Gasteiger partial charge is 0.323 e. The van der Waals surface area contributed by atoms with E-state index in [0.717, 1.165) is 67.4 Å². The molecule has 0 spiro atoms. The predicted molar refractivity (Wildman–Crippen MR) is 196 cm³/mol. The summed E-state index contributed by atoms with van der Waals surface area (Å²) in [5, 5.41) is 25.6. The van der Waals surface area contributed by atoms with E-state index in [1.54, 1.807) is 13.0 Å². The highest BCUT2D eigenvalue weighted by atomic mass is 35.5. The third-order valence-electron chi connectivity index (χ3n) is 8.01. The van der Waals surface area contributed by atoms with E-state index in [1.165, 1.54) is 24.0 Å². The van der Waals surface area contributed by atoms with Crippen LogP contribution in [-0.4, -0.2) is 58.1 Å². The van der Waals surface area contributed by atoms with E-state index in [-0.39, 0.29) is 46.4 Å². The quantitative estimate of drug-likeness (QED) is 0.0767. The van der Waals surface area contributed by atoms with Crippen LogP contribution >= 0.6 is 23.2 Å². The Morgan fingerprint density at radius 3 is 2.35 bits per heavy atom. The van der Waals surface area contributed by atoms with E-state index < -0.39 is 11.6 Å². The summed E-state index contributed by atoms with van der Waals surface area (Å²) in [5.74, 6) is -0.0654. The van der Waals surface area contributed by atoms with Gasteiger partial charge in [0.15, 0.2) is 0 Å². The van der Waals surface area contributed by atoms with E-state index in [2.05, 4.69) is 38.4 Å². The van der Waals surface area contributed by atoms with Gasteiger partial charge in [-0.1, -0.05) is 78.5 Å². The van der Waals surface area contributed by atoms with Crippen LogP contribution in [0.5, 0.6) is 0 Å². The molecule has 0 bridgehead atoms. The highest BCUT2D eigenvalue weighted by molar-refractivity contribution is 6.39. The van der Waals surface area contributed by atoms with E-state index >= 15 is 0 Å². The molecule has 13 heteroatoms. The summed E-state index contributed by atoms with van der Waals surface area (Å²) in [6, 6.07) is 16.9. The third kappa shape index (κ3) is 10.9. The molecule has 0 fully saturated rings. The van der Waals surface area contributed by atoms with E-state index in [4.69, 9.17) is 33.4 Å². The number of rotatable bonds is 17. The van der Waals surface area contributed by atoms with Crippen LogP contribution in [-0.2, 0) is 11.3 Å². The molecule has 0 saturated carbocycles. The summed E-state index contributed by atoms with van der Waals surface area (Å²) >= 11 is 12.4. The molecule has 2 aromatic carbocycles. The maximum absolute atomic E-state index is 13.4. The number of benzene rings is 2. The summed E-state index contributed by atoms with van der Waals surface area (Å²) in [7, 11) is 0. The van der Waals surface area contributed by atoms with Crippen molar-refractivity contribution in [2.75, 3.05) is 36.9 Å². The third-order valence-corrected chi connectivity index (χ3v) is 8.58. The van der Waals surface area contributed by atoms with Crippen LogP contribution in [0, 0.1) is 0 Å². The monoisotopic (exact) mass is 707 g/mol. The molecule has 1 atom stereocenters. The first kappa shape index (κ1) is 37.5. The van der Waals surface area contributed by atoms with Crippen molar-refractivity contribution in [3.05, 3.63) is 93.0 Å². The van der Waals surface area contributed by atoms with Crippen LogP contribution in [0.4, 0.5) is 16.2 Å². The molecule has 1 unspecified atom stereocenters. The summed E-state index contributed by atoms with van der Waals surface area (Å²) in [6.45, 7) is 5.93. The molecule has 0 saturated heterocycles. The van der Waals surface area contributed by atoms with Crippen LogP contribution in [0.3, 0.4) is 0 Å². The van der Waals surface area contributed by atoms with Gasteiger partial charge in [0, 0.05) is 50.5 Å². The molecular formula is C36H43Cl2N7O4. The fourth-order valence-corrected chi connectivity index (χ4v) is 5.93. The molecule has 49 heavy (non-hydrogen) atoms. The van der Waals surface area contributed by atoms with Gasteiger partial charge in [-0.25, -0.2) is 9.48 Å². The number of aliphatic hydroxyl groups excluding tert-OH is 1. The number of halogens is 2. The van der Waals surface area contributed by atoms with E-state index in [9.17, 15) is 14.4 Å². The number of pyridine rings is 1. The van der Waals surface area contributed by atoms with Gasteiger partial charge in [-0.05, 0) is 68.1 Å². The normalized spacial score (nSPS) is 11.6. The SMILES string of the molecule is CCn1nc(-c2cc(C(CCCCCNCCCO)CNC(C)=O)ccc2-c2ccccc2)cc(NC(=O)Nc2c(Cl)cncc2Cl)c1=O. The molecule has 2 aromatic heterocycles. The highest BCUT2D eigenvalue weighted by Crippen LogP contribution is 2.35. The average molecular weight is 709 g/mol. The van der Waals surface area contributed by atoms with Gasteiger partial charge in [-0.3, -0.25) is 14.6 Å². The van der Waals surface area contributed by atoms with Crippen molar-refractivity contribution in [2.45, 2.75) is 58.4 Å². The first-order valence-electron chi connectivity index (χ1n) is 16.5. The van der Waals surface area contributed by atoms with Crippen molar-refractivity contribution in [3.8, 4) is 22.4 Å². The number of anilines is 2. The molecule has 0 aliphatic heterocycles. The largest absolute Gasteiger partial charge is 0.396 e. The molecule has 5 N–H and O–H groups in total. The fourth-order valence-electron chi connectivity index (χ4n) is 5.47. The summed E-state index contributed by atoms with van der Waals surface area (Å²) < 4.78 is 1.31. The van der Waals surface area contributed by atoms with Crippen molar-refractivity contribution in [2.24, 2.45) is 0 Å². The number of nitrogens with one attached hydrogen (secondary N) is 4. The molecule has 0 aliphatic rings. The number of urea groups is 1. The van der Waals surface area contributed by atoms with Crippen molar-refractivity contribution in [3.63, 3.8) is 0 Å². The molecule has 260 valence electrons. The standard InChI is InChI=1S/C36H43Cl2N7O4/c1-3-45-35(48)33(42-36(49)43-34-30(37)22-40-23-31(34)38)20-32(44-45)29-19-26(14-15-28(29)25-11-6-4-7-12-25)27(21-41-24(2)47)13-8-5-9-16-39-17-10-18-46/h4,6-7,11-12,14-15,19-20,22-23,27,39,46H,3,5,8-10,13,16-18,21H2,1-2H3,(H,41,47)(H2,40,42,43,49). The molecule has 11 nitrogen and oxygen atoms in total. The Morgan fingerprint density at radius 2 is 1.65 bits per heavy atom. The minimum Gasteiger partial charge on any atom is -0.396 e. The van der Waals surface area contributed by atoms with Gasteiger partial charge in [-0.2, -0.15) is 5.10 Å². The number of hydrogen-bond donors (Lipinski definition) is 5. The van der Waals surface area contributed by atoms with Crippen molar-refractivity contribution in [1.82, 2.24) is 25.4 Å². The molecule has 4 rings (SSSR count). The molecular weight excluding hydrogens is 665 g/mol. The van der Waals surface area contributed by atoms with Gasteiger partial charge in [0.2, 0.25) is 5.91 Å². The van der Waals surface area contributed by atoms with Gasteiger partial charge < -0.3 is 26.4 Å². The zero-order valence-electron chi connectivity index (χ0n) is 27.8. The molecule has 0 radical (unpaired) electrons. The Morgan fingerprint density at radius 1 is 0.918 bits per heavy atom. The molecule has 2 heterocycles. The lowest BCUT2D eigenvalue weighted by atomic mass is 9.88. The lowest BCUT2D eigenvalue weighted by Gasteiger charge is -2.21. The fraction of sp³-hybridized carbons (Fsp3) is 0.361. The maximum Gasteiger partial charge on any atom is 0.323 e. The number of amides is 3. The number of aromatic nitrogens is 3. The van der Waals surface area contributed by atoms with E-state index in [0.29, 0.717) is 12.2 Å². The van der Waals surface area contributed by atoms with Gasteiger partial charge in [0.1, 0.15) is 5.69 Å². The number of carbonyl (C=O) groups excluding carboxylic acids is 2. The minimum atomic E-state index is -0.706. The highest BCUT2D eigenvalue weighted by Gasteiger charge is 2.20. The van der Waals surface area contributed by atoms with Gasteiger partial charge >= 0.3 is 6.03 Å². The number of unbranched alkanes of at least 4 members (excludes halogenated alkanes) is 2. The first-order chi connectivity index (χ1) is 23.7. The number of aryl methyl sites for hydroxylation is 1. The lowest BCUT2D eigenvalue weighted by molar-refractivity contribution is -0.119. The van der Waals surface area contributed by atoms with Gasteiger partial charge in [0.25, 0.3) is 5.56 Å². The first-order valence-corrected chi connectivity index (χ1v) is 17.2. The Kier molecular flexibility index (Phi) is 14.6. The molecule has 0 aliphatic carbocycles. The van der Waals surface area contributed by atoms with Gasteiger partial charge in [-0.15, -0.1) is 0 Å². The molecule has 3 amide bonds. The van der Waals surface area contributed by atoms with Crippen LogP contribution in [0.2, 0.25) is 10.0 Å². The number of aliphatic hydroxyl groups is 1. The zero-order chi connectivity index (χ0) is 35.2. The zero-order valence-corrected chi connectivity index (χ0v) is 29.3.